The summed E-state index contributed by atoms with van der Waals surface area (Å²) in [4.78, 5) is 14.3. The van der Waals surface area contributed by atoms with Gasteiger partial charge in [0.2, 0.25) is 0 Å². The van der Waals surface area contributed by atoms with Gasteiger partial charge in [-0.2, -0.15) is 0 Å². The second kappa shape index (κ2) is 7.17. The van der Waals surface area contributed by atoms with E-state index < -0.39 is 0 Å². The SMILES string of the molecule is CCOc1ccc(NC(=O)N2CCCCC2CC)cc1. The van der Waals surface area contributed by atoms with Crippen molar-refractivity contribution in [2.45, 2.75) is 45.6 Å². The van der Waals surface area contributed by atoms with E-state index in [0.29, 0.717) is 12.6 Å². The van der Waals surface area contributed by atoms with Crippen molar-refractivity contribution >= 4 is 11.7 Å². The molecular weight excluding hydrogens is 252 g/mol. The van der Waals surface area contributed by atoms with Crippen molar-refractivity contribution in [1.82, 2.24) is 4.90 Å². The lowest BCUT2D eigenvalue weighted by Crippen LogP contribution is -2.45. The quantitative estimate of drug-likeness (QED) is 0.906. The number of piperidine rings is 1. The van der Waals surface area contributed by atoms with Gasteiger partial charge in [0.1, 0.15) is 5.75 Å². The Morgan fingerprint density at radius 3 is 2.70 bits per heavy atom. The molecule has 1 heterocycles. The van der Waals surface area contributed by atoms with Gasteiger partial charge in [0.25, 0.3) is 0 Å². The van der Waals surface area contributed by atoms with Gasteiger partial charge < -0.3 is 15.0 Å². The van der Waals surface area contributed by atoms with Gasteiger partial charge in [-0.15, -0.1) is 0 Å². The van der Waals surface area contributed by atoms with E-state index in [1.807, 2.05) is 36.1 Å². The zero-order chi connectivity index (χ0) is 14.4. The Bertz CT molecular complexity index is 431. The van der Waals surface area contributed by atoms with Crippen molar-refractivity contribution in [1.29, 1.82) is 0 Å². The molecule has 1 unspecified atom stereocenters. The van der Waals surface area contributed by atoms with E-state index >= 15 is 0 Å². The number of rotatable bonds is 4. The maximum atomic E-state index is 12.3. The van der Waals surface area contributed by atoms with Crippen LogP contribution in [-0.4, -0.2) is 30.1 Å². The van der Waals surface area contributed by atoms with Gasteiger partial charge in [0.05, 0.1) is 6.61 Å². The molecule has 0 radical (unpaired) electrons. The topological polar surface area (TPSA) is 41.6 Å². The summed E-state index contributed by atoms with van der Waals surface area (Å²) in [6.45, 7) is 5.61. The first-order chi connectivity index (χ1) is 9.74. The maximum Gasteiger partial charge on any atom is 0.322 e. The first-order valence-electron chi connectivity index (χ1n) is 7.55. The number of hydrogen-bond acceptors (Lipinski definition) is 2. The monoisotopic (exact) mass is 276 g/mol. The minimum absolute atomic E-state index is 0.0145. The Morgan fingerprint density at radius 1 is 1.30 bits per heavy atom. The summed E-state index contributed by atoms with van der Waals surface area (Å²) >= 11 is 0. The number of carbonyl (C=O) groups excluding carboxylic acids is 1. The minimum atomic E-state index is 0.0145. The first-order valence-corrected chi connectivity index (χ1v) is 7.55. The zero-order valence-corrected chi connectivity index (χ0v) is 12.4. The van der Waals surface area contributed by atoms with Crippen LogP contribution < -0.4 is 10.1 Å². The number of carbonyl (C=O) groups is 1. The molecular formula is C16H24N2O2. The summed E-state index contributed by atoms with van der Waals surface area (Å²) in [6, 6.07) is 7.92. The second-order valence-electron chi connectivity index (χ2n) is 5.14. The molecule has 1 aliphatic rings. The van der Waals surface area contributed by atoms with Gasteiger partial charge in [0.15, 0.2) is 0 Å². The minimum Gasteiger partial charge on any atom is -0.494 e. The number of anilines is 1. The van der Waals surface area contributed by atoms with E-state index in [-0.39, 0.29) is 6.03 Å². The fourth-order valence-corrected chi connectivity index (χ4v) is 2.69. The van der Waals surface area contributed by atoms with E-state index in [1.165, 1.54) is 6.42 Å². The molecule has 0 spiro atoms. The summed E-state index contributed by atoms with van der Waals surface area (Å²) in [6.07, 6.45) is 4.47. The number of benzene rings is 1. The molecule has 4 heteroatoms. The molecule has 0 bridgehead atoms. The normalized spacial score (nSPS) is 18.7. The molecule has 0 saturated carbocycles. The predicted octanol–water partition coefficient (Wildman–Crippen LogP) is 3.88. The van der Waals surface area contributed by atoms with E-state index in [2.05, 4.69) is 12.2 Å². The van der Waals surface area contributed by atoms with Crippen molar-refractivity contribution in [3.63, 3.8) is 0 Å². The van der Waals surface area contributed by atoms with Gasteiger partial charge in [-0.3, -0.25) is 0 Å². The average Bonchev–Trinajstić information content (AvgIpc) is 2.49. The number of nitrogens with one attached hydrogen (secondary N) is 1. The first kappa shape index (κ1) is 14.7. The van der Waals surface area contributed by atoms with E-state index in [4.69, 9.17) is 4.74 Å². The average molecular weight is 276 g/mol. The van der Waals surface area contributed by atoms with Gasteiger partial charge in [-0.05, 0) is 56.9 Å². The molecule has 2 amide bonds. The molecule has 1 aromatic rings. The number of urea groups is 1. The number of nitrogens with zero attached hydrogens (tertiary/aromatic N) is 1. The Kier molecular flexibility index (Phi) is 5.27. The van der Waals surface area contributed by atoms with Crippen LogP contribution in [0.2, 0.25) is 0 Å². The van der Waals surface area contributed by atoms with Crippen molar-refractivity contribution in [3.05, 3.63) is 24.3 Å². The lowest BCUT2D eigenvalue weighted by atomic mass is 10.0. The highest BCUT2D eigenvalue weighted by Gasteiger charge is 2.25. The number of amides is 2. The number of hydrogen-bond donors (Lipinski definition) is 1. The van der Waals surface area contributed by atoms with Crippen LogP contribution in [0.4, 0.5) is 10.5 Å². The third-order valence-corrected chi connectivity index (χ3v) is 3.78. The number of ether oxygens (including phenoxy) is 1. The molecule has 20 heavy (non-hydrogen) atoms. The standard InChI is InChI=1S/C16H24N2O2/c1-3-14-7-5-6-12-18(14)16(19)17-13-8-10-15(11-9-13)20-4-2/h8-11,14H,3-7,12H2,1-2H3,(H,17,19). The highest BCUT2D eigenvalue weighted by atomic mass is 16.5. The van der Waals surface area contributed by atoms with E-state index in [1.54, 1.807) is 0 Å². The van der Waals surface area contributed by atoms with E-state index in [9.17, 15) is 4.79 Å². The van der Waals surface area contributed by atoms with E-state index in [0.717, 1.165) is 37.2 Å². The van der Waals surface area contributed by atoms with Gasteiger partial charge in [-0.1, -0.05) is 6.92 Å². The Balaban J connectivity index is 1.96. The van der Waals surface area contributed by atoms with Gasteiger partial charge in [0, 0.05) is 18.3 Å². The molecule has 1 aromatic carbocycles. The van der Waals surface area contributed by atoms with Gasteiger partial charge >= 0.3 is 6.03 Å². The van der Waals surface area contributed by atoms with Crippen LogP contribution in [0.5, 0.6) is 5.75 Å². The fourth-order valence-electron chi connectivity index (χ4n) is 2.69. The summed E-state index contributed by atoms with van der Waals surface area (Å²) in [7, 11) is 0. The third kappa shape index (κ3) is 3.65. The third-order valence-electron chi connectivity index (χ3n) is 3.78. The molecule has 4 nitrogen and oxygen atoms in total. The molecule has 2 rings (SSSR count). The van der Waals surface area contributed by atoms with Crippen LogP contribution in [0, 0.1) is 0 Å². The van der Waals surface area contributed by atoms with Crippen LogP contribution in [0.1, 0.15) is 39.5 Å². The van der Waals surface area contributed by atoms with Crippen molar-refractivity contribution in [3.8, 4) is 5.75 Å². The molecule has 0 aromatic heterocycles. The largest absolute Gasteiger partial charge is 0.494 e. The zero-order valence-electron chi connectivity index (χ0n) is 12.4. The lowest BCUT2D eigenvalue weighted by molar-refractivity contribution is 0.160. The van der Waals surface area contributed by atoms with Crippen LogP contribution in [0.3, 0.4) is 0 Å². The number of likely N-dealkylation sites (tertiary alicyclic amines) is 1. The van der Waals surface area contributed by atoms with Crippen LogP contribution in [0.25, 0.3) is 0 Å². The van der Waals surface area contributed by atoms with Crippen LogP contribution in [-0.2, 0) is 0 Å². The summed E-state index contributed by atoms with van der Waals surface area (Å²) in [5, 5.41) is 2.98. The maximum absolute atomic E-state index is 12.3. The molecule has 1 aliphatic heterocycles. The molecule has 1 fully saturated rings. The van der Waals surface area contributed by atoms with Crippen molar-refractivity contribution < 1.29 is 9.53 Å². The van der Waals surface area contributed by atoms with Gasteiger partial charge in [-0.25, -0.2) is 4.79 Å². The fraction of sp³-hybridized carbons (Fsp3) is 0.562. The van der Waals surface area contributed by atoms with Crippen molar-refractivity contribution in [2.24, 2.45) is 0 Å². The Morgan fingerprint density at radius 2 is 2.05 bits per heavy atom. The Labute approximate surface area is 121 Å². The summed E-state index contributed by atoms with van der Waals surface area (Å²) in [5.41, 5.74) is 0.818. The summed E-state index contributed by atoms with van der Waals surface area (Å²) in [5.74, 6) is 0.829. The predicted molar refractivity (Wildman–Crippen MR) is 81.3 cm³/mol. The van der Waals surface area contributed by atoms with Crippen LogP contribution in [0.15, 0.2) is 24.3 Å². The Hall–Kier alpha value is -1.71. The summed E-state index contributed by atoms with van der Waals surface area (Å²) < 4.78 is 5.39. The molecule has 0 aliphatic carbocycles. The molecule has 110 valence electrons. The highest BCUT2D eigenvalue weighted by Crippen LogP contribution is 2.21. The molecule has 1 N–H and O–H groups in total. The smallest absolute Gasteiger partial charge is 0.322 e. The lowest BCUT2D eigenvalue weighted by Gasteiger charge is -2.35. The highest BCUT2D eigenvalue weighted by molar-refractivity contribution is 5.89. The molecule has 1 atom stereocenters. The second-order valence-corrected chi connectivity index (χ2v) is 5.14. The molecule has 1 saturated heterocycles. The van der Waals surface area contributed by atoms with Crippen molar-refractivity contribution in [2.75, 3.05) is 18.5 Å². The van der Waals surface area contributed by atoms with Crippen LogP contribution >= 0.6 is 0 Å².